The molecule has 4 aliphatic rings. The fraction of sp³-hybridized carbons (Fsp3) is 0.455. The summed E-state index contributed by atoms with van der Waals surface area (Å²) in [6.45, 7) is 6.69. The molecule has 3 aromatic carbocycles. The second-order valence-electron chi connectivity index (χ2n) is 17.0. The minimum atomic E-state index is -4.40. The number of rotatable bonds is 10. The third kappa shape index (κ3) is 7.30. The van der Waals surface area contributed by atoms with Gasteiger partial charge in [-0.1, -0.05) is 74.0 Å². The van der Waals surface area contributed by atoms with Crippen molar-refractivity contribution >= 4 is 45.3 Å². The molecule has 17 heteroatoms. The van der Waals surface area contributed by atoms with Gasteiger partial charge in [0.25, 0.3) is 0 Å². The molecule has 1 saturated heterocycles. The van der Waals surface area contributed by atoms with Gasteiger partial charge in [0.1, 0.15) is 30.0 Å². The number of benzene rings is 3. The Balaban J connectivity index is 1.34. The van der Waals surface area contributed by atoms with Crippen LogP contribution >= 0.6 is 11.6 Å². The van der Waals surface area contributed by atoms with E-state index in [9.17, 15) is 48.0 Å². The highest BCUT2D eigenvalue weighted by Crippen LogP contribution is 2.64. The zero-order chi connectivity index (χ0) is 44.4. The highest BCUT2D eigenvalue weighted by atomic mass is 35.5. The summed E-state index contributed by atoms with van der Waals surface area (Å²) in [5.41, 5.74) is -7.66. The highest BCUT2D eigenvalue weighted by Gasteiger charge is 2.78. The fourth-order valence-electron chi connectivity index (χ4n) is 9.94. The number of ether oxygens (including phenoxy) is 4. The molecule has 15 nitrogen and oxygen atoms in total. The summed E-state index contributed by atoms with van der Waals surface area (Å²) >= 11 is 5.98. The number of fused-ring (bicyclic) bond motifs is 5. The van der Waals surface area contributed by atoms with Gasteiger partial charge in [-0.2, -0.15) is 0 Å². The minimum Gasteiger partial charge on any atom is -0.456 e. The number of aliphatic hydroxyl groups excluding tert-OH is 3. The Morgan fingerprint density at radius 2 is 1.54 bits per heavy atom. The van der Waals surface area contributed by atoms with Gasteiger partial charge in [-0.05, 0) is 67.0 Å². The van der Waals surface area contributed by atoms with Crippen LogP contribution in [0.2, 0.25) is 5.02 Å². The van der Waals surface area contributed by atoms with Gasteiger partial charge in [0, 0.05) is 30.2 Å². The number of sulfonamides is 1. The molecule has 3 aromatic rings. The average molecular weight is 882 g/mol. The maximum atomic E-state index is 15.0. The summed E-state index contributed by atoms with van der Waals surface area (Å²) in [6, 6.07) is 19.1. The maximum Gasteiger partial charge on any atom is 0.338 e. The zero-order valence-corrected chi connectivity index (χ0v) is 35.6. The van der Waals surface area contributed by atoms with Gasteiger partial charge < -0.3 is 39.4 Å². The van der Waals surface area contributed by atoms with Crippen LogP contribution in [0.1, 0.15) is 69.4 Å². The first-order valence-corrected chi connectivity index (χ1v) is 21.6. The van der Waals surface area contributed by atoms with Crippen LogP contribution in [0, 0.1) is 16.7 Å². The van der Waals surface area contributed by atoms with Crippen LogP contribution in [0.15, 0.2) is 101 Å². The first-order chi connectivity index (χ1) is 28.6. The predicted molar refractivity (Wildman–Crippen MR) is 216 cm³/mol. The number of halogens is 1. The van der Waals surface area contributed by atoms with Crippen molar-refractivity contribution in [3.8, 4) is 0 Å². The van der Waals surface area contributed by atoms with Gasteiger partial charge in [-0.25, -0.2) is 22.7 Å². The number of hydrogen-bond donors (Lipinski definition) is 5. The summed E-state index contributed by atoms with van der Waals surface area (Å²) in [6.07, 6.45) is -11.0. The summed E-state index contributed by atoms with van der Waals surface area (Å²) in [5.74, 6) is -5.59. The lowest BCUT2D eigenvalue weighted by Crippen LogP contribution is -2.81. The van der Waals surface area contributed by atoms with Crippen molar-refractivity contribution in [1.29, 1.82) is 0 Å². The number of ketones is 1. The molecule has 1 aliphatic heterocycles. The van der Waals surface area contributed by atoms with E-state index >= 15 is 0 Å². The number of carbonyl (C=O) groups excluding carboxylic acids is 4. The molecule has 61 heavy (non-hydrogen) atoms. The molecule has 0 unspecified atom stereocenters. The van der Waals surface area contributed by atoms with Gasteiger partial charge in [-0.3, -0.25) is 9.59 Å². The molecule has 2 bridgehead atoms. The Hall–Kier alpha value is -4.52. The smallest absolute Gasteiger partial charge is 0.338 e. The molecule has 0 aromatic heterocycles. The van der Waals surface area contributed by atoms with E-state index in [1.54, 1.807) is 36.4 Å². The third-order valence-electron chi connectivity index (χ3n) is 13.3. The molecule has 3 fully saturated rings. The van der Waals surface area contributed by atoms with Crippen LogP contribution in [0.3, 0.4) is 0 Å². The van der Waals surface area contributed by atoms with Crippen molar-refractivity contribution in [3.63, 3.8) is 0 Å². The number of nitrogens with one attached hydrogen (secondary N) is 1. The third-order valence-corrected chi connectivity index (χ3v) is 15.0. The lowest BCUT2D eigenvalue weighted by atomic mass is 9.44. The number of aliphatic hydroxyl groups is 4. The monoisotopic (exact) mass is 881 g/mol. The molecule has 0 radical (unpaired) electrons. The number of hydrogen-bond acceptors (Lipinski definition) is 14. The lowest BCUT2D eigenvalue weighted by molar-refractivity contribution is -0.346. The number of esters is 3. The van der Waals surface area contributed by atoms with Crippen LogP contribution < -0.4 is 4.72 Å². The van der Waals surface area contributed by atoms with E-state index < -0.39 is 111 Å². The van der Waals surface area contributed by atoms with Gasteiger partial charge in [0.2, 0.25) is 10.0 Å². The van der Waals surface area contributed by atoms with E-state index in [1.165, 1.54) is 76.2 Å². The van der Waals surface area contributed by atoms with Gasteiger partial charge in [0.15, 0.2) is 17.5 Å². The maximum absolute atomic E-state index is 15.0. The highest BCUT2D eigenvalue weighted by molar-refractivity contribution is 7.89. The number of Topliss-reactive ketones (excluding diaryl/α,β-unsaturated/α-hetero) is 1. The van der Waals surface area contributed by atoms with Crippen LogP contribution in [-0.2, 0) is 43.4 Å². The van der Waals surface area contributed by atoms with Crippen LogP contribution in [-0.4, -0.2) is 107 Å². The van der Waals surface area contributed by atoms with E-state index in [4.69, 9.17) is 30.5 Å². The van der Waals surface area contributed by atoms with E-state index in [0.717, 1.165) is 6.92 Å². The molecule has 0 spiro atoms. The van der Waals surface area contributed by atoms with Crippen molar-refractivity contribution in [2.45, 2.75) is 106 Å². The normalized spacial score (nSPS) is 32.7. The van der Waals surface area contributed by atoms with E-state index in [-0.39, 0.29) is 45.2 Å². The van der Waals surface area contributed by atoms with Crippen molar-refractivity contribution in [2.24, 2.45) is 16.7 Å². The van der Waals surface area contributed by atoms with Crippen LogP contribution in [0.4, 0.5) is 0 Å². The molecule has 326 valence electrons. The first kappa shape index (κ1) is 44.5. The lowest BCUT2D eigenvalue weighted by Gasteiger charge is -2.67. The fourth-order valence-corrected chi connectivity index (χ4v) is 11.3. The second-order valence-corrected chi connectivity index (χ2v) is 19.2. The summed E-state index contributed by atoms with van der Waals surface area (Å²) in [5, 5.41) is 49.5. The van der Waals surface area contributed by atoms with Crippen molar-refractivity contribution < 1.29 is 67.0 Å². The molecule has 7 rings (SSSR count). The minimum absolute atomic E-state index is 0.0557. The van der Waals surface area contributed by atoms with Crippen LogP contribution in [0.25, 0.3) is 0 Å². The molecule has 1 heterocycles. The topological polar surface area (TPSA) is 232 Å². The molecule has 2 saturated carbocycles. The molecule has 3 aliphatic carbocycles. The Morgan fingerprint density at radius 3 is 2.11 bits per heavy atom. The Morgan fingerprint density at radius 1 is 0.934 bits per heavy atom. The summed E-state index contributed by atoms with van der Waals surface area (Å²) < 4.78 is 53.7. The van der Waals surface area contributed by atoms with Crippen molar-refractivity contribution in [2.75, 3.05) is 6.61 Å². The van der Waals surface area contributed by atoms with Crippen molar-refractivity contribution in [1.82, 2.24) is 4.72 Å². The Kier molecular flexibility index (Phi) is 11.7. The molecular weight excluding hydrogens is 834 g/mol. The molecule has 11 atom stereocenters. The van der Waals surface area contributed by atoms with Crippen molar-refractivity contribution in [3.05, 3.63) is 112 Å². The van der Waals surface area contributed by atoms with Crippen LogP contribution in [0.5, 0.6) is 0 Å². The molecular formula is C44H48ClNO14S. The average Bonchev–Trinajstić information content (AvgIpc) is 3.21. The SMILES string of the molecule is CC(=O)O[C@@]12CO[C@@H]1C[C@H](O)[C@@]1(C)C(=O)[C@H](O)C3=C(C)[C@@H](OC(=O)[C@H](O)[C@@H](NS(=O)(=O)c4ccc(Cl)cc4)c4ccccc4)C[C@@](O)([C@@H](OC(=O)c4ccccc4)[C@H]21)C3(C)C. The Labute approximate surface area is 357 Å². The van der Waals surface area contributed by atoms with E-state index in [1.807, 2.05) is 0 Å². The van der Waals surface area contributed by atoms with Gasteiger partial charge >= 0.3 is 17.9 Å². The predicted octanol–water partition coefficient (Wildman–Crippen LogP) is 3.37. The largest absolute Gasteiger partial charge is 0.456 e. The van der Waals surface area contributed by atoms with E-state index in [0.29, 0.717) is 0 Å². The number of carbonyl (C=O) groups is 4. The first-order valence-electron chi connectivity index (χ1n) is 19.7. The second kappa shape index (κ2) is 16.0. The van der Waals surface area contributed by atoms with Gasteiger partial charge in [0.05, 0.1) is 40.5 Å². The summed E-state index contributed by atoms with van der Waals surface area (Å²) in [7, 11) is -4.40. The quantitative estimate of drug-likeness (QED) is 0.112. The molecule has 5 N–H and O–H groups in total. The van der Waals surface area contributed by atoms with Gasteiger partial charge in [-0.15, -0.1) is 0 Å². The van der Waals surface area contributed by atoms with E-state index in [2.05, 4.69) is 4.72 Å². The molecule has 0 amide bonds. The summed E-state index contributed by atoms with van der Waals surface area (Å²) in [4.78, 5) is 56.0. The zero-order valence-electron chi connectivity index (χ0n) is 34.0. The standard InChI is InChI=1S/C44H48ClNO14S/c1-23-29(58-40(53)35(50)33(25-12-8-6-9-13-25)46-61(55,56)28-18-16-27(45)17-19-28)21-44(54)38(59-39(52)26-14-10-7-11-15-26)36-42(5,37(51)34(49)32(23)41(44,3)4)30(48)20-31-43(36,22-57-31)60-24(2)47/h6-19,29-31,33-36,38,46,48-50,54H,20-22H2,1-5H3/t29-,30-,31+,33-,34+,35+,36-,38-,42+,43-,44+/m0/s1. The Bertz CT molecular complexity index is 2360.